The van der Waals surface area contributed by atoms with E-state index in [-0.39, 0.29) is 12.2 Å². The molecule has 1 saturated heterocycles. The largest absolute Gasteiger partial charge is 0.480 e. The molecule has 1 aromatic carbocycles. The minimum Gasteiger partial charge on any atom is -0.456 e. The van der Waals surface area contributed by atoms with E-state index < -0.39 is 81.2 Å². The molecule has 1 aliphatic rings. The second kappa shape index (κ2) is 15.1. The topological polar surface area (TPSA) is 209 Å². The zero-order chi connectivity index (χ0) is 35.3. The fraction of sp³-hybridized carbons (Fsp3) is 0.516. The summed E-state index contributed by atoms with van der Waals surface area (Å²) in [5, 5.41) is 15.9. The van der Waals surface area contributed by atoms with Gasteiger partial charge in [0.15, 0.2) is 11.9 Å². The number of aromatic nitrogens is 3. The Morgan fingerprint density at radius 1 is 1.06 bits per heavy atom. The Kier molecular flexibility index (Phi) is 11.6. The van der Waals surface area contributed by atoms with Crippen LogP contribution in [-0.2, 0) is 63.5 Å². The first-order valence-corrected chi connectivity index (χ1v) is 16.6. The van der Waals surface area contributed by atoms with Gasteiger partial charge in [-0.15, -0.1) is 0 Å². The van der Waals surface area contributed by atoms with Crippen molar-refractivity contribution in [2.45, 2.75) is 71.9 Å². The number of rotatable bonds is 14. The van der Waals surface area contributed by atoms with Crippen LogP contribution in [0.15, 0.2) is 48.8 Å². The predicted molar refractivity (Wildman–Crippen MR) is 168 cm³/mol. The second-order valence-electron chi connectivity index (χ2n) is 12.5. The van der Waals surface area contributed by atoms with Gasteiger partial charge in [0.1, 0.15) is 29.7 Å². The van der Waals surface area contributed by atoms with Crippen molar-refractivity contribution in [2.24, 2.45) is 11.3 Å². The number of phosphoric acid groups is 1. The van der Waals surface area contributed by atoms with Gasteiger partial charge in [-0.05, 0) is 45.4 Å². The highest BCUT2D eigenvalue weighted by molar-refractivity contribution is 7.48. The molecule has 2 aromatic heterocycles. The third kappa shape index (κ3) is 8.75. The lowest BCUT2D eigenvalue weighted by Gasteiger charge is -2.27. The lowest BCUT2D eigenvalue weighted by Crippen LogP contribution is -2.42. The summed E-state index contributed by atoms with van der Waals surface area (Å²) in [6.45, 7) is 7.30. The summed E-state index contributed by atoms with van der Waals surface area (Å²) in [5.41, 5.74) is 5.00. The van der Waals surface area contributed by atoms with Gasteiger partial charge in [0.25, 0.3) is 0 Å². The van der Waals surface area contributed by atoms with Crippen LogP contribution in [0.5, 0.6) is 0 Å². The first kappa shape index (κ1) is 36.9. The van der Waals surface area contributed by atoms with E-state index in [1.54, 1.807) is 84.0 Å². The number of hydrogen-bond acceptors (Lipinski definition) is 15. The molecule has 1 aliphatic heterocycles. The number of carbonyl (C=O) groups excluding carboxylic acids is 3. The van der Waals surface area contributed by atoms with Gasteiger partial charge in [0, 0.05) is 0 Å². The number of phosphoric ester groups is 1. The van der Waals surface area contributed by atoms with Gasteiger partial charge < -0.3 is 29.8 Å². The summed E-state index contributed by atoms with van der Waals surface area (Å²) in [5.74, 6) is -2.31. The molecular formula is C31H41N4O12P. The van der Waals surface area contributed by atoms with Crippen molar-refractivity contribution >= 4 is 37.1 Å². The number of aliphatic hydroxyl groups excluding tert-OH is 1. The zero-order valence-electron chi connectivity index (χ0n) is 27.6. The number of benzene rings is 1. The van der Waals surface area contributed by atoms with Crippen LogP contribution in [-0.4, -0.2) is 76.1 Å². The predicted octanol–water partition coefficient (Wildman–Crippen LogP) is 3.30. The number of ether oxygens (including phenoxy) is 4. The van der Waals surface area contributed by atoms with Crippen molar-refractivity contribution in [3.63, 3.8) is 0 Å². The molecule has 4 rings (SSSR count). The van der Waals surface area contributed by atoms with E-state index in [1.165, 1.54) is 10.8 Å². The average molecular weight is 693 g/mol. The van der Waals surface area contributed by atoms with Gasteiger partial charge in [-0.1, -0.05) is 44.2 Å². The molecule has 5 atom stereocenters. The lowest BCUT2D eigenvalue weighted by molar-refractivity contribution is -0.162. The number of aliphatic hydroxyl groups is 1. The summed E-state index contributed by atoms with van der Waals surface area (Å²) < 4.78 is 53.2. The average Bonchev–Trinajstić information content (AvgIpc) is 3.57. The van der Waals surface area contributed by atoms with E-state index >= 15 is 0 Å². The number of carbonyl (C=O) groups is 3. The molecule has 1 fully saturated rings. The van der Waals surface area contributed by atoms with Crippen LogP contribution in [0, 0.1) is 11.3 Å². The third-order valence-electron chi connectivity index (χ3n) is 7.38. The van der Waals surface area contributed by atoms with E-state index in [4.69, 9.17) is 38.3 Å². The second-order valence-corrected chi connectivity index (χ2v) is 14.2. The van der Waals surface area contributed by atoms with Crippen LogP contribution < -0.4 is 5.73 Å². The third-order valence-corrected chi connectivity index (χ3v) is 8.69. The van der Waals surface area contributed by atoms with Gasteiger partial charge in [0.2, 0.25) is 13.6 Å². The molecule has 3 aromatic rings. The van der Waals surface area contributed by atoms with Crippen molar-refractivity contribution in [2.75, 3.05) is 25.9 Å². The number of nitrogen functional groups attached to an aromatic ring is 1. The number of fused-ring (bicyclic) bond motifs is 1. The Bertz CT molecular complexity index is 1640. The molecule has 0 bridgehead atoms. The number of nitrogens with zero attached hydrogens (tertiary/aromatic N) is 3. The maximum absolute atomic E-state index is 13.7. The van der Waals surface area contributed by atoms with Crippen LogP contribution in [0.2, 0.25) is 0 Å². The number of hydrogen-bond donors (Lipinski definition) is 2. The van der Waals surface area contributed by atoms with E-state index in [1.807, 2.05) is 0 Å². The van der Waals surface area contributed by atoms with Crippen molar-refractivity contribution in [3.05, 3.63) is 60.0 Å². The molecule has 0 radical (unpaired) electrons. The summed E-state index contributed by atoms with van der Waals surface area (Å²) in [7, 11) is -4.65. The summed E-state index contributed by atoms with van der Waals surface area (Å²) in [6.07, 6.45) is -3.00. The van der Waals surface area contributed by atoms with Gasteiger partial charge >= 0.3 is 25.7 Å². The van der Waals surface area contributed by atoms with E-state index in [0.717, 1.165) is 0 Å². The molecule has 0 amide bonds. The Hall–Kier alpha value is -3.92. The molecule has 0 saturated carbocycles. The molecular weight excluding hydrogens is 651 g/mol. The van der Waals surface area contributed by atoms with Crippen molar-refractivity contribution in [1.82, 2.24) is 14.6 Å². The molecule has 3 heterocycles. The fourth-order valence-corrected chi connectivity index (χ4v) is 5.60. The van der Waals surface area contributed by atoms with Crippen LogP contribution in [0.3, 0.4) is 0 Å². The first-order valence-electron chi connectivity index (χ1n) is 15.1. The van der Waals surface area contributed by atoms with E-state index in [2.05, 4.69) is 10.1 Å². The minimum absolute atomic E-state index is 0.114. The van der Waals surface area contributed by atoms with Crippen LogP contribution in [0.25, 0.3) is 5.52 Å². The van der Waals surface area contributed by atoms with Crippen LogP contribution >= 0.6 is 7.82 Å². The summed E-state index contributed by atoms with van der Waals surface area (Å²) >= 11 is 0. The molecule has 0 aliphatic carbocycles. The van der Waals surface area contributed by atoms with Crippen LogP contribution in [0.1, 0.15) is 52.8 Å². The fourth-order valence-electron chi connectivity index (χ4n) is 4.69. The van der Waals surface area contributed by atoms with Crippen molar-refractivity contribution < 1.29 is 56.6 Å². The summed E-state index contributed by atoms with van der Waals surface area (Å²) in [6, 6.07) is 12.1. The Morgan fingerprint density at radius 2 is 1.73 bits per heavy atom. The monoisotopic (exact) mass is 692 g/mol. The van der Waals surface area contributed by atoms with Crippen LogP contribution in [0.4, 0.5) is 5.82 Å². The SMILES string of the molecule is CC(C)C(=O)OCOP(=O)(OCOC(=O)C(C)(C)C)OC[C@H]1O[C@@](C)(c2ccc3c(N)ncnn23)[C@H](O)[C@@H]1OC(=O)Cc1ccccc1. The number of anilines is 1. The minimum atomic E-state index is -4.65. The van der Waals surface area contributed by atoms with Gasteiger partial charge in [-0.25, -0.2) is 23.1 Å². The lowest BCUT2D eigenvalue weighted by atomic mass is 9.93. The molecule has 16 nitrogen and oxygen atoms in total. The first-order chi connectivity index (χ1) is 22.5. The molecule has 17 heteroatoms. The quantitative estimate of drug-likeness (QED) is 0.107. The number of esters is 3. The smallest absolute Gasteiger partial charge is 0.456 e. The Morgan fingerprint density at radius 3 is 2.38 bits per heavy atom. The normalized spacial score (nSPS) is 22.4. The van der Waals surface area contributed by atoms with Gasteiger partial charge in [0.05, 0.1) is 30.1 Å². The highest BCUT2D eigenvalue weighted by atomic mass is 31.2. The molecule has 48 heavy (non-hydrogen) atoms. The van der Waals surface area contributed by atoms with Crippen molar-refractivity contribution in [1.29, 1.82) is 0 Å². The Labute approximate surface area is 277 Å². The van der Waals surface area contributed by atoms with Gasteiger partial charge in [-0.2, -0.15) is 5.10 Å². The standard InChI is InChI=1S/C31H41N4O12P/c1-19(2)28(38)41-17-44-48(40,45-18-42-29(39)30(3,4)5)43-15-22-25(46-24(36)14-20-10-8-7-9-11-20)26(37)31(6,47-22)23-13-12-21-27(32)33-16-34-35(21)23/h7-13,16,19,22,25-26,37H,14-15,17-18H2,1-6H3,(H2,32,33,34)/t22-,25-,26-,31+,48?/m1/s1. The summed E-state index contributed by atoms with van der Waals surface area (Å²) in [4.78, 5) is 41.3. The highest BCUT2D eigenvalue weighted by Crippen LogP contribution is 2.51. The molecule has 3 N–H and O–H groups in total. The van der Waals surface area contributed by atoms with E-state index in [0.29, 0.717) is 16.8 Å². The number of nitrogens with two attached hydrogens (primary N) is 1. The van der Waals surface area contributed by atoms with Crippen molar-refractivity contribution in [3.8, 4) is 0 Å². The Balaban J connectivity index is 1.58. The maximum Gasteiger partial charge on any atom is 0.480 e. The maximum atomic E-state index is 13.7. The van der Waals surface area contributed by atoms with Gasteiger partial charge in [-0.3, -0.25) is 18.9 Å². The zero-order valence-corrected chi connectivity index (χ0v) is 28.5. The molecule has 0 spiro atoms. The molecule has 1 unspecified atom stereocenters. The molecule has 262 valence electrons. The van der Waals surface area contributed by atoms with E-state index in [9.17, 15) is 24.1 Å². The highest BCUT2D eigenvalue weighted by Gasteiger charge is 2.56.